The molecule has 0 fully saturated rings. The van der Waals surface area contributed by atoms with Gasteiger partial charge in [-0.25, -0.2) is 4.98 Å². The van der Waals surface area contributed by atoms with Gasteiger partial charge >= 0.3 is 0 Å². The third kappa shape index (κ3) is 3.82. The molecule has 0 amide bonds. The normalized spacial score (nSPS) is 12.0. The molecule has 0 aliphatic rings. The Morgan fingerprint density at radius 1 is 1.33 bits per heavy atom. The van der Waals surface area contributed by atoms with Gasteiger partial charge in [0.2, 0.25) is 5.13 Å². The van der Waals surface area contributed by atoms with E-state index in [0.717, 1.165) is 16.4 Å². The van der Waals surface area contributed by atoms with Gasteiger partial charge in [-0.05, 0) is 25.0 Å². The quantitative estimate of drug-likeness (QED) is 0.665. The molecule has 0 atom stereocenters. The first-order valence-electron chi connectivity index (χ1n) is 5.68. The number of hydrazone groups is 1. The van der Waals surface area contributed by atoms with Crippen LogP contribution in [0.2, 0.25) is 0 Å². The maximum Gasteiger partial charge on any atom is 0.203 e. The lowest BCUT2D eigenvalue weighted by Gasteiger charge is -1.95. The van der Waals surface area contributed by atoms with Gasteiger partial charge < -0.3 is 0 Å². The van der Waals surface area contributed by atoms with Crippen molar-refractivity contribution in [3.05, 3.63) is 52.5 Å². The molecule has 0 unspecified atom stereocenters. The van der Waals surface area contributed by atoms with E-state index in [2.05, 4.69) is 33.7 Å². The van der Waals surface area contributed by atoms with E-state index in [-0.39, 0.29) is 0 Å². The molecular formula is C14H15N3S. The van der Waals surface area contributed by atoms with Crippen molar-refractivity contribution < 1.29 is 0 Å². The van der Waals surface area contributed by atoms with Crippen LogP contribution in [0.15, 0.2) is 46.4 Å². The SMILES string of the molecule is CC(/C=N\Nc1nc(C)cs1)=C/c1ccccc1. The van der Waals surface area contributed by atoms with Gasteiger partial charge in [0.1, 0.15) is 0 Å². The molecule has 0 radical (unpaired) electrons. The van der Waals surface area contributed by atoms with E-state index in [9.17, 15) is 0 Å². The summed E-state index contributed by atoms with van der Waals surface area (Å²) in [6.07, 6.45) is 3.88. The highest BCUT2D eigenvalue weighted by molar-refractivity contribution is 7.13. The van der Waals surface area contributed by atoms with Crippen molar-refractivity contribution in [1.29, 1.82) is 0 Å². The number of benzene rings is 1. The highest BCUT2D eigenvalue weighted by atomic mass is 32.1. The molecule has 3 nitrogen and oxygen atoms in total. The Bertz CT molecular complexity index is 555. The van der Waals surface area contributed by atoms with Crippen LogP contribution in [0, 0.1) is 6.92 Å². The Labute approximate surface area is 111 Å². The Morgan fingerprint density at radius 2 is 2.11 bits per heavy atom. The number of aromatic nitrogens is 1. The summed E-state index contributed by atoms with van der Waals surface area (Å²) in [4.78, 5) is 4.27. The van der Waals surface area contributed by atoms with Gasteiger partial charge in [0.05, 0.1) is 11.9 Å². The average molecular weight is 257 g/mol. The topological polar surface area (TPSA) is 37.3 Å². The summed E-state index contributed by atoms with van der Waals surface area (Å²) >= 11 is 1.55. The number of allylic oxidation sites excluding steroid dienone is 1. The molecule has 1 aromatic heterocycles. The number of anilines is 1. The van der Waals surface area contributed by atoms with Crippen molar-refractivity contribution >= 4 is 28.8 Å². The van der Waals surface area contributed by atoms with Gasteiger partial charge in [-0.1, -0.05) is 36.4 Å². The van der Waals surface area contributed by atoms with Crippen molar-refractivity contribution in [2.45, 2.75) is 13.8 Å². The number of nitrogens with one attached hydrogen (secondary N) is 1. The van der Waals surface area contributed by atoms with Crippen LogP contribution in [0.3, 0.4) is 0 Å². The molecule has 1 heterocycles. The highest BCUT2D eigenvalue weighted by Crippen LogP contribution is 2.14. The first-order valence-corrected chi connectivity index (χ1v) is 6.56. The molecule has 18 heavy (non-hydrogen) atoms. The maximum absolute atomic E-state index is 4.27. The summed E-state index contributed by atoms with van der Waals surface area (Å²) in [5, 5.41) is 6.96. The standard InChI is InChI=1S/C14H15N3S/c1-11(8-13-6-4-3-5-7-13)9-15-17-14-16-12(2)10-18-14/h3-10H,1-2H3,(H,16,17)/b11-8-,15-9-. The van der Waals surface area contributed by atoms with Crippen molar-refractivity contribution in [3.8, 4) is 0 Å². The second-order valence-corrected chi connectivity index (χ2v) is 4.82. The van der Waals surface area contributed by atoms with Gasteiger partial charge in [-0.2, -0.15) is 5.10 Å². The summed E-state index contributed by atoms with van der Waals surface area (Å²) in [5.41, 5.74) is 6.18. The lowest BCUT2D eigenvalue weighted by atomic mass is 10.1. The molecule has 1 aromatic carbocycles. The van der Waals surface area contributed by atoms with Crippen molar-refractivity contribution in [1.82, 2.24) is 4.98 Å². The Morgan fingerprint density at radius 3 is 2.78 bits per heavy atom. The number of hydrogen-bond donors (Lipinski definition) is 1. The lowest BCUT2D eigenvalue weighted by molar-refractivity contribution is 1.22. The Kier molecular flexibility index (Phi) is 4.25. The van der Waals surface area contributed by atoms with E-state index in [0.29, 0.717) is 0 Å². The smallest absolute Gasteiger partial charge is 0.203 e. The highest BCUT2D eigenvalue weighted by Gasteiger charge is 1.94. The van der Waals surface area contributed by atoms with Gasteiger partial charge in [0, 0.05) is 5.38 Å². The summed E-state index contributed by atoms with van der Waals surface area (Å²) in [6.45, 7) is 3.98. The zero-order chi connectivity index (χ0) is 12.8. The monoisotopic (exact) mass is 257 g/mol. The predicted molar refractivity (Wildman–Crippen MR) is 79.1 cm³/mol. The zero-order valence-electron chi connectivity index (χ0n) is 10.4. The van der Waals surface area contributed by atoms with Crippen LogP contribution in [0.4, 0.5) is 5.13 Å². The van der Waals surface area contributed by atoms with Crippen LogP contribution >= 0.6 is 11.3 Å². The molecule has 0 aliphatic heterocycles. The molecule has 1 N–H and O–H groups in total. The van der Waals surface area contributed by atoms with Crippen LogP contribution in [0.25, 0.3) is 6.08 Å². The Balaban J connectivity index is 1.95. The molecule has 0 saturated heterocycles. The number of rotatable bonds is 4. The number of nitrogens with zero attached hydrogens (tertiary/aromatic N) is 2. The van der Waals surface area contributed by atoms with Crippen molar-refractivity contribution in [3.63, 3.8) is 0 Å². The first-order chi connectivity index (χ1) is 8.74. The Hall–Kier alpha value is -1.94. The number of hydrogen-bond acceptors (Lipinski definition) is 4. The van der Waals surface area contributed by atoms with Crippen molar-refractivity contribution in [2.24, 2.45) is 5.10 Å². The predicted octanol–water partition coefficient (Wildman–Crippen LogP) is 3.95. The summed E-state index contributed by atoms with van der Waals surface area (Å²) in [6, 6.07) is 10.2. The van der Waals surface area contributed by atoms with E-state index in [1.54, 1.807) is 17.6 Å². The average Bonchev–Trinajstić information content (AvgIpc) is 2.76. The van der Waals surface area contributed by atoms with Crippen LogP contribution in [0.5, 0.6) is 0 Å². The van der Waals surface area contributed by atoms with Crippen LogP contribution in [0.1, 0.15) is 18.2 Å². The molecular weight excluding hydrogens is 242 g/mol. The van der Waals surface area contributed by atoms with Crippen LogP contribution < -0.4 is 5.43 Å². The van der Waals surface area contributed by atoms with Crippen LogP contribution in [-0.4, -0.2) is 11.2 Å². The first kappa shape index (κ1) is 12.5. The zero-order valence-corrected chi connectivity index (χ0v) is 11.2. The minimum Gasteiger partial charge on any atom is -0.253 e. The van der Waals surface area contributed by atoms with Gasteiger partial charge in [0.25, 0.3) is 0 Å². The van der Waals surface area contributed by atoms with Crippen LogP contribution in [-0.2, 0) is 0 Å². The van der Waals surface area contributed by atoms with Gasteiger partial charge in [0.15, 0.2) is 0 Å². The second-order valence-electron chi connectivity index (χ2n) is 3.96. The van der Waals surface area contributed by atoms with E-state index in [4.69, 9.17) is 0 Å². The third-order valence-electron chi connectivity index (χ3n) is 2.24. The fraction of sp³-hybridized carbons (Fsp3) is 0.143. The summed E-state index contributed by atoms with van der Waals surface area (Å²) in [5.74, 6) is 0. The number of thiazole rings is 1. The molecule has 2 aromatic rings. The molecule has 0 aliphatic carbocycles. The van der Waals surface area contributed by atoms with Gasteiger partial charge in [-0.3, -0.25) is 5.43 Å². The molecule has 4 heteroatoms. The number of aryl methyl sites for hydroxylation is 1. The molecule has 0 saturated carbocycles. The maximum atomic E-state index is 4.27. The largest absolute Gasteiger partial charge is 0.253 e. The third-order valence-corrected chi connectivity index (χ3v) is 3.11. The lowest BCUT2D eigenvalue weighted by Crippen LogP contribution is -1.89. The molecule has 92 valence electrons. The minimum atomic E-state index is 0.816. The molecule has 0 spiro atoms. The molecule has 0 bridgehead atoms. The fourth-order valence-electron chi connectivity index (χ4n) is 1.44. The van der Waals surface area contributed by atoms with E-state index >= 15 is 0 Å². The summed E-state index contributed by atoms with van der Waals surface area (Å²) in [7, 11) is 0. The van der Waals surface area contributed by atoms with E-state index < -0.39 is 0 Å². The van der Waals surface area contributed by atoms with E-state index in [1.807, 2.05) is 37.4 Å². The van der Waals surface area contributed by atoms with E-state index in [1.165, 1.54) is 5.56 Å². The minimum absolute atomic E-state index is 0.816. The van der Waals surface area contributed by atoms with Gasteiger partial charge in [-0.15, -0.1) is 11.3 Å². The summed E-state index contributed by atoms with van der Waals surface area (Å²) < 4.78 is 0. The fourth-order valence-corrected chi connectivity index (χ4v) is 2.08. The second kappa shape index (κ2) is 6.12. The molecule has 2 rings (SSSR count). The van der Waals surface area contributed by atoms with Crippen molar-refractivity contribution in [2.75, 3.05) is 5.43 Å².